The van der Waals surface area contributed by atoms with Gasteiger partial charge in [-0.2, -0.15) is 0 Å². The topological polar surface area (TPSA) is 55.1 Å². The van der Waals surface area contributed by atoms with Crippen LogP contribution in [0.1, 0.15) is 58.3 Å². The first kappa shape index (κ1) is 14.8. The summed E-state index contributed by atoms with van der Waals surface area (Å²) in [6, 6.07) is 0. The first-order valence-electron chi connectivity index (χ1n) is 8.16. The number of nitrogens with two attached hydrogens (primary N) is 1. The second kappa shape index (κ2) is 7.28. The average molecular weight is 266 g/mol. The predicted octanol–water partition coefficient (Wildman–Crippen LogP) is 2.69. The summed E-state index contributed by atoms with van der Waals surface area (Å²) in [6.07, 6.45) is 9.68. The van der Waals surface area contributed by atoms with E-state index in [1.165, 1.54) is 38.5 Å². The lowest BCUT2D eigenvalue weighted by Gasteiger charge is -2.29. The number of rotatable bonds is 4. The van der Waals surface area contributed by atoms with E-state index in [4.69, 9.17) is 5.73 Å². The Morgan fingerprint density at radius 2 is 1.84 bits per heavy atom. The molecule has 2 aliphatic carbocycles. The van der Waals surface area contributed by atoms with Crippen molar-refractivity contribution >= 4 is 5.91 Å². The number of hydrogen-bond donors (Lipinski definition) is 2. The van der Waals surface area contributed by atoms with Gasteiger partial charge in [0.1, 0.15) is 0 Å². The zero-order valence-electron chi connectivity index (χ0n) is 12.4. The van der Waals surface area contributed by atoms with Crippen LogP contribution in [0.2, 0.25) is 0 Å². The van der Waals surface area contributed by atoms with E-state index < -0.39 is 0 Å². The van der Waals surface area contributed by atoms with Gasteiger partial charge in [0.2, 0.25) is 5.91 Å². The maximum Gasteiger partial charge on any atom is 0.223 e. The lowest BCUT2D eigenvalue weighted by atomic mass is 9.80. The number of amides is 1. The summed E-state index contributed by atoms with van der Waals surface area (Å²) in [5, 5.41) is 3.20. The van der Waals surface area contributed by atoms with Crippen molar-refractivity contribution in [2.24, 2.45) is 29.4 Å². The molecule has 0 bridgehead atoms. The molecule has 19 heavy (non-hydrogen) atoms. The van der Waals surface area contributed by atoms with E-state index in [1.807, 2.05) is 0 Å². The van der Waals surface area contributed by atoms with Crippen LogP contribution >= 0.6 is 0 Å². The van der Waals surface area contributed by atoms with E-state index >= 15 is 0 Å². The normalized spacial score (nSPS) is 35.9. The summed E-state index contributed by atoms with van der Waals surface area (Å²) in [6.45, 7) is 3.98. The molecule has 2 atom stereocenters. The number of carbonyl (C=O) groups excluding carboxylic acids is 1. The minimum Gasteiger partial charge on any atom is -0.356 e. The molecule has 0 aromatic rings. The Morgan fingerprint density at radius 3 is 2.53 bits per heavy atom. The van der Waals surface area contributed by atoms with Crippen molar-refractivity contribution in [3.63, 3.8) is 0 Å². The van der Waals surface area contributed by atoms with Crippen LogP contribution in [-0.4, -0.2) is 19.0 Å². The molecule has 0 spiro atoms. The van der Waals surface area contributed by atoms with Crippen LogP contribution in [0.3, 0.4) is 0 Å². The summed E-state index contributed by atoms with van der Waals surface area (Å²) in [5.74, 6) is 2.69. The monoisotopic (exact) mass is 266 g/mol. The lowest BCUT2D eigenvalue weighted by Crippen LogP contribution is -2.38. The van der Waals surface area contributed by atoms with Crippen molar-refractivity contribution in [3.05, 3.63) is 0 Å². The fourth-order valence-electron chi connectivity index (χ4n) is 3.67. The van der Waals surface area contributed by atoms with Crippen LogP contribution in [-0.2, 0) is 4.79 Å². The van der Waals surface area contributed by atoms with Gasteiger partial charge < -0.3 is 11.1 Å². The van der Waals surface area contributed by atoms with Gasteiger partial charge in [-0.25, -0.2) is 0 Å². The van der Waals surface area contributed by atoms with E-state index in [2.05, 4.69) is 12.2 Å². The smallest absolute Gasteiger partial charge is 0.223 e. The fourth-order valence-corrected chi connectivity index (χ4v) is 3.67. The van der Waals surface area contributed by atoms with Crippen molar-refractivity contribution in [2.45, 2.75) is 58.3 Å². The third kappa shape index (κ3) is 4.48. The Labute approximate surface area is 117 Å². The molecule has 0 aromatic heterocycles. The van der Waals surface area contributed by atoms with Crippen molar-refractivity contribution in [1.82, 2.24) is 5.32 Å². The van der Waals surface area contributed by atoms with Gasteiger partial charge in [0.05, 0.1) is 0 Å². The highest BCUT2D eigenvalue weighted by Gasteiger charge is 2.27. The highest BCUT2D eigenvalue weighted by molar-refractivity contribution is 5.78. The largest absolute Gasteiger partial charge is 0.356 e. The summed E-state index contributed by atoms with van der Waals surface area (Å²) < 4.78 is 0. The molecular formula is C16H30N2O. The quantitative estimate of drug-likeness (QED) is 0.822. The zero-order chi connectivity index (χ0) is 13.7. The molecule has 2 rings (SSSR count). The molecule has 0 aromatic carbocycles. The van der Waals surface area contributed by atoms with Gasteiger partial charge in [-0.1, -0.05) is 26.2 Å². The molecule has 0 aliphatic heterocycles. The molecule has 0 radical (unpaired) electrons. The molecule has 2 saturated carbocycles. The van der Waals surface area contributed by atoms with Crippen LogP contribution in [0.5, 0.6) is 0 Å². The Kier molecular flexibility index (Phi) is 5.68. The highest BCUT2D eigenvalue weighted by Crippen LogP contribution is 2.30. The van der Waals surface area contributed by atoms with E-state index in [9.17, 15) is 4.79 Å². The Morgan fingerprint density at radius 1 is 1.11 bits per heavy atom. The number of hydrogen-bond acceptors (Lipinski definition) is 2. The van der Waals surface area contributed by atoms with Gasteiger partial charge in [-0.05, 0) is 56.4 Å². The molecule has 3 heteroatoms. The molecule has 0 heterocycles. The van der Waals surface area contributed by atoms with Crippen LogP contribution in [0.15, 0.2) is 0 Å². The standard InChI is InChI=1S/C16H30N2O/c1-12-5-7-13(8-6-12)11-18-16(19)15-4-2-3-14(9-15)10-17/h12-15H,2-11,17H2,1H3,(H,18,19). The molecule has 0 saturated heterocycles. The summed E-state index contributed by atoms with van der Waals surface area (Å²) in [4.78, 5) is 12.2. The Bertz CT molecular complexity index is 284. The molecule has 1 amide bonds. The lowest BCUT2D eigenvalue weighted by molar-refractivity contribution is -0.126. The van der Waals surface area contributed by atoms with E-state index in [0.29, 0.717) is 11.8 Å². The SMILES string of the molecule is CC1CCC(CNC(=O)C2CCCC(CN)C2)CC1. The van der Waals surface area contributed by atoms with Crippen LogP contribution < -0.4 is 11.1 Å². The van der Waals surface area contributed by atoms with Crippen molar-refractivity contribution in [2.75, 3.05) is 13.1 Å². The van der Waals surface area contributed by atoms with Crippen LogP contribution in [0.25, 0.3) is 0 Å². The minimum absolute atomic E-state index is 0.227. The first-order valence-corrected chi connectivity index (χ1v) is 8.16. The summed E-state index contributed by atoms with van der Waals surface area (Å²) in [5.41, 5.74) is 5.74. The maximum atomic E-state index is 12.2. The summed E-state index contributed by atoms with van der Waals surface area (Å²) in [7, 11) is 0. The molecule has 3 nitrogen and oxygen atoms in total. The second-order valence-corrected chi connectivity index (χ2v) is 6.84. The van der Waals surface area contributed by atoms with E-state index in [0.717, 1.165) is 31.8 Å². The van der Waals surface area contributed by atoms with Gasteiger partial charge in [-0.3, -0.25) is 4.79 Å². The zero-order valence-corrected chi connectivity index (χ0v) is 12.4. The van der Waals surface area contributed by atoms with Crippen LogP contribution in [0.4, 0.5) is 0 Å². The van der Waals surface area contributed by atoms with Gasteiger partial charge in [0.25, 0.3) is 0 Å². The fraction of sp³-hybridized carbons (Fsp3) is 0.938. The van der Waals surface area contributed by atoms with Crippen molar-refractivity contribution in [1.29, 1.82) is 0 Å². The third-order valence-electron chi connectivity index (χ3n) is 5.19. The third-order valence-corrected chi connectivity index (χ3v) is 5.19. The van der Waals surface area contributed by atoms with E-state index in [1.54, 1.807) is 0 Å². The molecule has 2 aliphatic rings. The number of carbonyl (C=O) groups is 1. The minimum atomic E-state index is 0.227. The molecular weight excluding hydrogens is 236 g/mol. The van der Waals surface area contributed by atoms with Gasteiger partial charge in [0.15, 0.2) is 0 Å². The van der Waals surface area contributed by atoms with Crippen molar-refractivity contribution < 1.29 is 4.79 Å². The molecule has 2 unspecified atom stereocenters. The average Bonchev–Trinajstić information content (AvgIpc) is 2.46. The molecule has 110 valence electrons. The van der Waals surface area contributed by atoms with Gasteiger partial charge in [-0.15, -0.1) is 0 Å². The maximum absolute atomic E-state index is 12.2. The van der Waals surface area contributed by atoms with Gasteiger partial charge in [0, 0.05) is 12.5 Å². The highest BCUT2D eigenvalue weighted by atomic mass is 16.1. The second-order valence-electron chi connectivity index (χ2n) is 6.84. The summed E-state index contributed by atoms with van der Waals surface area (Å²) >= 11 is 0. The molecule has 2 fully saturated rings. The Balaban J connectivity index is 1.69. The van der Waals surface area contributed by atoms with Crippen LogP contribution in [0, 0.1) is 23.7 Å². The predicted molar refractivity (Wildman–Crippen MR) is 78.6 cm³/mol. The van der Waals surface area contributed by atoms with Crippen molar-refractivity contribution in [3.8, 4) is 0 Å². The Hall–Kier alpha value is -0.570. The van der Waals surface area contributed by atoms with Gasteiger partial charge >= 0.3 is 0 Å². The molecule has 3 N–H and O–H groups in total. The number of nitrogens with one attached hydrogen (secondary N) is 1. The first-order chi connectivity index (χ1) is 9.19. The van der Waals surface area contributed by atoms with E-state index in [-0.39, 0.29) is 11.8 Å².